The van der Waals surface area contributed by atoms with Crippen LogP contribution in [0.2, 0.25) is 5.02 Å². The van der Waals surface area contributed by atoms with Gasteiger partial charge in [0.2, 0.25) is 17.8 Å². The Morgan fingerprint density at radius 2 is 1.49 bits per heavy atom. The largest absolute Gasteiger partial charge is 0.490 e. The number of anilines is 2. The molecule has 2 aromatic heterocycles. The third kappa shape index (κ3) is 11.8. The number of nitrogens with one attached hydrogen (secondary N) is 1. The maximum atomic E-state index is 13.3. The zero-order valence-electron chi connectivity index (χ0n) is 40.1. The number of nitriles is 1. The van der Waals surface area contributed by atoms with Crippen molar-refractivity contribution >= 4 is 52.1 Å². The highest BCUT2D eigenvalue weighted by Gasteiger charge is 2.38. The number of halogens is 4. The Labute approximate surface area is 415 Å². The highest BCUT2D eigenvalue weighted by molar-refractivity contribution is 6.30. The lowest BCUT2D eigenvalue weighted by atomic mass is 9.78. The number of benzene rings is 3. The van der Waals surface area contributed by atoms with Crippen molar-refractivity contribution in [1.82, 2.24) is 29.3 Å². The minimum atomic E-state index is -5.08. The highest BCUT2D eigenvalue weighted by atomic mass is 35.5. The molecule has 0 spiro atoms. The minimum Gasteiger partial charge on any atom is -0.487 e. The van der Waals surface area contributed by atoms with E-state index in [1.165, 1.54) is 45.3 Å². The number of aromatic nitrogens is 4. The number of imide groups is 1. The van der Waals surface area contributed by atoms with Gasteiger partial charge in [0.1, 0.15) is 18.4 Å². The summed E-state index contributed by atoms with van der Waals surface area (Å²) >= 11 is 6.32. The molecule has 0 aliphatic carbocycles. The molecule has 19 heteroatoms. The lowest BCUT2D eigenvalue weighted by molar-refractivity contribution is -0.192. The molecule has 0 saturated carbocycles. The van der Waals surface area contributed by atoms with Gasteiger partial charge in [-0.15, -0.1) is 0 Å². The van der Waals surface area contributed by atoms with Crippen molar-refractivity contribution in [3.8, 4) is 11.8 Å². The molecule has 71 heavy (non-hydrogen) atoms. The summed E-state index contributed by atoms with van der Waals surface area (Å²) in [6, 6.07) is 23.2. The predicted molar refractivity (Wildman–Crippen MR) is 262 cm³/mol. The van der Waals surface area contributed by atoms with Crippen molar-refractivity contribution < 1.29 is 37.4 Å². The lowest BCUT2D eigenvalue weighted by Gasteiger charge is -2.42. The number of aliphatic carboxylic acids is 1. The summed E-state index contributed by atoms with van der Waals surface area (Å²) in [5.41, 5.74) is 5.57. The van der Waals surface area contributed by atoms with Crippen molar-refractivity contribution in [2.45, 2.75) is 89.5 Å². The fraction of sp³-hybridized carbons (Fsp3) is 0.481. The van der Waals surface area contributed by atoms with Gasteiger partial charge in [-0.25, -0.2) is 19.6 Å². The molecule has 4 fully saturated rings. The summed E-state index contributed by atoms with van der Waals surface area (Å²) in [6.07, 6.45) is 4.48. The average Bonchev–Trinajstić information content (AvgIpc) is 3.61. The van der Waals surface area contributed by atoms with Gasteiger partial charge >= 0.3 is 17.8 Å². The van der Waals surface area contributed by atoms with Crippen LogP contribution in [0.3, 0.4) is 0 Å². The first-order valence-electron chi connectivity index (χ1n) is 24.2. The number of amides is 2. The van der Waals surface area contributed by atoms with Crippen molar-refractivity contribution in [3.63, 3.8) is 0 Å². The number of aryl methyl sites for hydroxylation is 1. The van der Waals surface area contributed by atoms with Crippen molar-refractivity contribution in [2.24, 2.45) is 24.8 Å². The minimum absolute atomic E-state index is 0.231. The number of fused-ring (bicyclic) bond motifs is 1. The summed E-state index contributed by atoms with van der Waals surface area (Å²) in [7, 11) is 1.76. The number of carboxylic acid groups (broad SMARTS) is 1. The molecule has 9 rings (SSSR count). The average molecular weight is 999 g/mol. The van der Waals surface area contributed by atoms with Crippen LogP contribution in [0.25, 0.3) is 11.0 Å². The summed E-state index contributed by atoms with van der Waals surface area (Å²) in [6.45, 7) is 12.1. The van der Waals surface area contributed by atoms with Crippen LogP contribution < -0.4 is 25.5 Å². The lowest BCUT2D eigenvalue weighted by Crippen LogP contribution is -2.44. The van der Waals surface area contributed by atoms with E-state index >= 15 is 0 Å². The summed E-state index contributed by atoms with van der Waals surface area (Å²) in [5, 5.41) is 19.5. The standard InChI is InChI=1S/C50H58ClN9O4.C2HF3O2/c1-50(2,38-26-34(30-52)27-39(51)28-38)37-4-7-42(8-5-37)64-32-40-12-19-53-48(54-40)59-22-13-33(14-23-59)31-57-20-15-35(16-21-57)36-17-24-58(25-18-36)41-6-9-43-45(29-41)56(3)49(63)60(43)44-10-11-46(61)55-47(44)62;3-2(4,5)1(6)7/h4-9,12,19,26-29,33,35-36,44H,10-11,13-18,20-25,31-32H2,1-3H3,(H,55,61,62);(H,6,7). The van der Waals surface area contributed by atoms with E-state index in [1.807, 2.05) is 42.6 Å². The maximum Gasteiger partial charge on any atom is 0.490 e. The van der Waals surface area contributed by atoms with E-state index in [1.54, 1.807) is 22.2 Å². The van der Waals surface area contributed by atoms with Crippen LogP contribution in [0, 0.1) is 29.1 Å². The number of hydrogen-bond donors (Lipinski definition) is 2. The zero-order valence-corrected chi connectivity index (χ0v) is 40.9. The number of carbonyl (C=O) groups is 3. The third-order valence-electron chi connectivity index (χ3n) is 14.9. The Hall–Kier alpha value is -6.45. The van der Waals surface area contributed by atoms with Crippen molar-refractivity contribution in [1.29, 1.82) is 5.26 Å². The molecule has 4 aliphatic heterocycles. The van der Waals surface area contributed by atoms with Crippen molar-refractivity contribution in [2.75, 3.05) is 55.6 Å². The molecule has 2 N–H and O–H groups in total. The molecule has 2 amide bonds. The smallest absolute Gasteiger partial charge is 0.487 e. The van der Waals surface area contributed by atoms with E-state index in [9.17, 15) is 32.8 Å². The van der Waals surface area contributed by atoms with Crippen LogP contribution in [0.5, 0.6) is 5.75 Å². The van der Waals surface area contributed by atoms with Gasteiger partial charge in [-0.3, -0.25) is 24.0 Å². The summed E-state index contributed by atoms with van der Waals surface area (Å²) in [4.78, 5) is 63.5. The number of nitrogens with zero attached hydrogens (tertiary/aromatic N) is 8. The Morgan fingerprint density at radius 3 is 2.13 bits per heavy atom. The Bertz CT molecular complexity index is 2840. The van der Waals surface area contributed by atoms with Gasteiger partial charge in [0.15, 0.2) is 0 Å². The zero-order chi connectivity index (χ0) is 50.6. The molecule has 5 aromatic rings. The number of likely N-dealkylation sites (tertiary alicyclic amines) is 1. The summed E-state index contributed by atoms with van der Waals surface area (Å²) in [5.74, 6) is 0.280. The first-order valence-corrected chi connectivity index (χ1v) is 24.6. The monoisotopic (exact) mass is 997 g/mol. The first kappa shape index (κ1) is 50.9. The number of carboxylic acids is 1. The Morgan fingerprint density at radius 1 is 0.845 bits per heavy atom. The second-order valence-electron chi connectivity index (χ2n) is 19.7. The SMILES string of the molecule is Cn1c(=O)n(C2CCC(=O)NC2=O)c2ccc(N3CCC(C4CCN(CC5CCN(c6nccc(COc7ccc(C(C)(C)c8cc(Cl)cc(C#N)c8)cc7)n6)CC5)CC4)CC3)cc21.O=C(O)C(F)(F)F. The topological polar surface area (TPSA) is 179 Å². The predicted octanol–water partition coefficient (Wildman–Crippen LogP) is 8.02. The molecule has 15 nitrogen and oxygen atoms in total. The molecule has 376 valence electrons. The number of piperidine rings is 4. The van der Waals surface area contributed by atoms with Crippen LogP contribution in [0.4, 0.5) is 24.8 Å². The quantitative estimate of drug-likeness (QED) is 0.122. The van der Waals surface area contributed by atoms with Gasteiger partial charge in [0.25, 0.3) is 0 Å². The molecular formula is C52H59ClF3N9O6. The number of carbonyl (C=O) groups excluding carboxylic acids is 2. The van der Waals surface area contributed by atoms with Crippen LogP contribution in [0.15, 0.2) is 77.7 Å². The summed E-state index contributed by atoms with van der Waals surface area (Å²) < 4.78 is 41.1. The normalized spacial score (nSPS) is 19.0. The van der Waals surface area contributed by atoms with Crippen LogP contribution in [0.1, 0.15) is 93.6 Å². The second kappa shape index (κ2) is 21.5. The van der Waals surface area contributed by atoms with Gasteiger partial charge in [-0.2, -0.15) is 18.4 Å². The third-order valence-corrected chi connectivity index (χ3v) is 15.1. The van der Waals surface area contributed by atoms with Crippen molar-refractivity contribution in [3.05, 3.63) is 111 Å². The molecule has 1 unspecified atom stereocenters. The van der Waals surface area contributed by atoms with Gasteiger partial charge < -0.3 is 24.5 Å². The van der Waals surface area contributed by atoms with E-state index in [0.29, 0.717) is 29.5 Å². The van der Waals surface area contributed by atoms with E-state index in [4.69, 9.17) is 31.2 Å². The number of hydrogen-bond acceptors (Lipinski definition) is 11. The number of alkyl halides is 3. The molecule has 3 aromatic carbocycles. The van der Waals surface area contributed by atoms with E-state index < -0.39 is 24.1 Å². The van der Waals surface area contributed by atoms with E-state index in [2.05, 4.69) is 69.2 Å². The Balaban J connectivity index is 0.000000900. The fourth-order valence-corrected chi connectivity index (χ4v) is 10.9. The number of ether oxygens (including phenoxy) is 1. The maximum absolute atomic E-state index is 13.3. The molecule has 1 atom stereocenters. The molecular weight excluding hydrogens is 939 g/mol. The molecule has 4 saturated heterocycles. The van der Waals surface area contributed by atoms with Gasteiger partial charge in [0.05, 0.1) is 28.4 Å². The second-order valence-corrected chi connectivity index (χ2v) is 20.1. The highest BCUT2D eigenvalue weighted by Crippen LogP contribution is 2.37. The van der Waals surface area contributed by atoms with Gasteiger partial charge in [0, 0.05) is 68.5 Å². The molecule has 0 radical (unpaired) electrons. The first-order chi connectivity index (χ1) is 33.9. The van der Waals surface area contributed by atoms with Crippen LogP contribution >= 0.6 is 11.6 Å². The fourth-order valence-electron chi connectivity index (χ4n) is 10.6. The molecule has 6 heterocycles. The molecule has 4 aliphatic rings. The van der Waals surface area contributed by atoms with Gasteiger partial charge in [-0.1, -0.05) is 37.6 Å². The number of rotatable bonds is 11. The van der Waals surface area contributed by atoms with E-state index in [-0.39, 0.29) is 23.4 Å². The van der Waals surface area contributed by atoms with Gasteiger partial charge in [-0.05, 0) is 142 Å². The Kier molecular flexibility index (Phi) is 15.4. The molecule has 0 bridgehead atoms. The number of imidazole rings is 1. The van der Waals surface area contributed by atoms with E-state index in [0.717, 1.165) is 96.1 Å². The van der Waals surface area contributed by atoms with Crippen LogP contribution in [-0.4, -0.2) is 98.9 Å². The van der Waals surface area contributed by atoms with Crippen LogP contribution in [-0.2, 0) is 33.5 Å².